The zero-order valence-corrected chi connectivity index (χ0v) is 11.0. The number of aliphatic carboxylic acids is 1. The maximum absolute atomic E-state index is 11.9. The Hall–Kier alpha value is -2.17. The minimum absolute atomic E-state index is 0.0420. The van der Waals surface area contributed by atoms with Crippen molar-refractivity contribution < 1.29 is 14.6 Å². The van der Waals surface area contributed by atoms with Gasteiger partial charge in [0.05, 0.1) is 6.42 Å². The highest BCUT2D eigenvalue weighted by Gasteiger charge is 2.24. The molecule has 2 aromatic rings. The van der Waals surface area contributed by atoms with Crippen molar-refractivity contribution in [2.45, 2.75) is 26.7 Å². The standard InChI is InChI=1S/C14H16N2O3/c1-14(2,8-13(17)18)7-10-9-16(19)12-6-4-3-5-11(12)15-10/h3-6,9H,7-8H2,1-2H3,(H,17,18). The van der Waals surface area contributed by atoms with Crippen molar-refractivity contribution in [1.29, 1.82) is 0 Å². The largest absolute Gasteiger partial charge is 0.618 e. The summed E-state index contributed by atoms with van der Waals surface area (Å²) >= 11 is 0. The van der Waals surface area contributed by atoms with Gasteiger partial charge in [-0.2, -0.15) is 4.73 Å². The summed E-state index contributed by atoms with van der Waals surface area (Å²) in [4.78, 5) is 15.2. The predicted octanol–water partition coefficient (Wildman–Crippen LogP) is 1.91. The molecule has 0 unspecified atom stereocenters. The monoisotopic (exact) mass is 260 g/mol. The second-order valence-electron chi connectivity index (χ2n) is 5.46. The lowest BCUT2D eigenvalue weighted by Crippen LogP contribution is -2.30. The third-order valence-electron chi connectivity index (χ3n) is 2.94. The molecule has 0 atom stereocenters. The molecule has 0 saturated heterocycles. The fourth-order valence-corrected chi connectivity index (χ4v) is 2.18. The number of hydrogen-bond donors (Lipinski definition) is 1. The van der Waals surface area contributed by atoms with Crippen molar-refractivity contribution in [1.82, 2.24) is 4.98 Å². The molecule has 1 aromatic heterocycles. The number of carbonyl (C=O) groups is 1. The molecular weight excluding hydrogens is 244 g/mol. The summed E-state index contributed by atoms with van der Waals surface area (Å²) in [5.41, 5.74) is 1.32. The molecule has 5 heteroatoms. The zero-order valence-electron chi connectivity index (χ0n) is 11.0. The average molecular weight is 260 g/mol. The van der Waals surface area contributed by atoms with Gasteiger partial charge in [0.25, 0.3) is 0 Å². The summed E-state index contributed by atoms with van der Waals surface area (Å²) in [6.07, 6.45) is 1.92. The van der Waals surface area contributed by atoms with Crippen LogP contribution in [0.5, 0.6) is 0 Å². The lowest BCUT2D eigenvalue weighted by molar-refractivity contribution is -0.578. The van der Waals surface area contributed by atoms with Gasteiger partial charge < -0.3 is 10.3 Å². The number of aromatic nitrogens is 2. The van der Waals surface area contributed by atoms with E-state index in [2.05, 4.69) is 4.98 Å². The fraction of sp³-hybridized carbons (Fsp3) is 0.357. The molecule has 1 aromatic carbocycles. The molecule has 1 N–H and O–H groups in total. The number of nitrogens with zero attached hydrogens (tertiary/aromatic N) is 2. The van der Waals surface area contributed by atoms with Gasteiger partial charge in [-0.25, -0.2) is 4.98 Å². The third kappa shape index (κ3) is 3.19. The normalized spacial score (nSPS) is 11.7. The predicted molar refractivity (Wildman–Crippen MR) is 70.4 cm³/mol. The lowest BCUT2D eigenvalue weighted by atomic mass is 9.84. The summed E-state index contributed by atoms with van der Waals surface area (Å²) in [5, 5.41) is 20.7. The quantitative estimate of drug-likeness (QED) is 0.673. The van der Waals surface area contributed by atoms with Crippen LogP contribution in [0.3, 0.4) is 0 Å². The van der Waals surface area contributed by atoms with Crippen LogP contribution >= 0.6 is 0 Å². The van der Waals surface area contributed by atoms with Crippen LogP contribution < -0.4 is 4.73 Å². The second kappa shape index (κ2) is 4.84. The Kier molecular flexibility index (Phi) is 3.38. The van der Waals surface area contributed by atoms with Crippen LogP contribution in [-0.2, 0) is 11.2 Å². The topological polar surface area (TPSA) is 77.1 Å². The van der Waals surface area contributed by atoms with E-state index in [4.69, 9.17) is 5.11 Å². The molecule has 0 aliphatic heterocycles. The summed E-state index contributed by atoms with van der Waals surface area (Å²) < 4.78 is 0.786. The summed E-state index contributed by atoms with van der Waals surface area (Å²) in [7, 11) is 0. The molecule has 0 bridgehead atoms. The molecule has 19 heavy (non-hydrogen) atoms. The van der Waals surface area contributed by atoms with Crippen molar-refractivity contribution in [3.05, 3.63) is 41.4 Å². The minimum Gasteiger partial charge on any atom is -0.618 e. The van der Waals surface area contributed by atoms with Crippen LogP contribution in [0.25, 0.3) is 11.0 Å². The first-order chi connectivity index (χ1) is 8.87. The molecule has 0 amide bonds. The molecular formula is C14H16N2O3. The van der Waals surface area contributed by atoms with E-state index in [1.165, 1.54) is 6.20 Å². The number of fused-ring (bicyclic) bond motifs is 1. The van der Waals surface area contributed by atoms with E-state index < -0.39 is 11.4 Å². The highest BCUT2D eigenvalue weighted by Crippen LogP contribution is 2.25. The van der Waals surface area contributed by atoms with Crippen molar-refractivity contribution in [3.8, 4) is 0 Å². The van der Waals surface area contributed by atoms with E-state index in [1.807, 2.05) is 19.9 Å². The van der Waals surface area contributed by atoms with E-state index in [-0.39, 0.29) is 6.42 Å². The van der Waals surface area contributed by atoms with Crippen molar-refractivity contribution in [2.75, 3.05) is 0 Å². The molecule has 0 spiro atoms. The maximum atomic E-state index is 11.9. The lowest BCUT2D eigenvalue weighted by Gasteiger charge is -2.21. The van der Waals surface area contributed by atoms with Gasteiger partial charge in [-0.15, -0.1) is 0 Å². The van der Waals surface area contributed by atoms with Gasteiger partial charge in [0.2, 0.25) is 11.7 Å². The molecule has 0 saturated carbocycles. The van der Waals surface area contributed by atoms with Gasteiger partial charge in [-0.1, -0.05) is 26.0 Å². The average Bonchev–Trinajstić information content (AvgIpc) is 2.26. The molecule has 1 heterocycles. The molecule has 2 rings (SSSR count). The van der Waals surface area contributed by atoms with E-state index in [9.17, 15) is 10.0 Å². The van der Waals surface area contributed by atoms with Crippen LogP contribution in [0, 0.1) is 10.6 Å². The van der Waals surface area contributed by atoms with Crippen LogP contribution in [0.15, 0.2) is 30.5 Å². The fourth-order valence-electron chi connectivity index (χ4n) is 2.18. The van der Waals surface area contributed by atoms with Crippen LogP contribution in [0.4, 0.5) is 0 Å². The SMILES string of the molecule is CC(C)(CC(=O)O)Cc1c[n+]([O-])c2ccccc2n1. The summed E-state index contributed by atoms with van der Waals surface area (Å²) in [5.74, 6) is -0.846. The van der Waals surface area contributed by atoms with Crippen LogP contribution in [-0.4, -0.2) is 16.1 Å². The molecule has 0 fully saturated rings. The van der Waals surface area contributed by atoms with Crippen molar-refractivity contribution in [2.24, 2.45) is 5.41 Å². The van der Waals surface area contributed by atoms with Gasteiger partial charge >= 0.3 is 5.97 Å². The van der Waals surface area contributed by atoms with Gasteiger partial charge in [0, 0.05) is 12.5 Å². The van der Waals surface area contributed by atoms with Crippen LogP contribution in [0.1, 0.15) is 26.0 Å². The van der Waals surface area contributed by atoms with Gasteiger partial charge in [0.15, 0.2) is 0 Å². The number of benzene rings is 1. The molecule has 0 radical (unpaired) electrons. The van der Waals surface area contributed by atoms with E-state index in [0.717, 1.165) is 4.73 Å². The Morgan fingerprint density at radius 2 is 2.11 bits per heavy atom. The Labute approximate surface area is 111 Å². The molecule has 100 valence electrons. The Morgan fingerprint density at radius 3 is 2.79 bits per heavy atom. The second-order valence-corrected chi connectivity index (χ2v) is 5.46. The van der Waals surface area contributed by atoms with E-state index in [1.54, 1.807) is 18.2 Å². The van der Waals surface area contributed by atoms with E-state index in [0.29, 0.717) is 23.1 Å². The summed E-state index contributed by atoms with van der Waals surface area (Å²) in [6, 6.07) is 7.09. The minimum atomic E-state index is -0.846. The molecule has 0 aliphatic rings. The van der Waals surface area contributed by atoms with Gasteiger partial charge in [0.1, 0.15) is 11.2 Å². The first-order valence-corrected chi connectivity index (χ1v) is 6.07. The molecule has 5 nitrogen and oxygen atoms in total. The Balaban J connectivity index is 2.33. The smallest absolute Gasteiger partial charge is 0.303 e. The van der Waals surface area contributed by atoms with Crippen molar-refractivity contribution >= 4 is 17.0 Å². The highest BCUT2D eigenvalue weighted by atomic mass is 16.5. The maximum Gasteiger partial charge on any atom is 0.303 e. The van der Waals surface area contributed by atoms with Gasteiger partial charge in [-0.3, -0.25) is 4.79 Å². The van der Waals surface area contributed by atoms with Gasteiger partial charge in [-0.05, 0) is 11.5 Å². The molecule has 0 aliphatic carbocycles. The first kappa shape index (κ1) is 13.3. The zero-order chi connectivity index (χ0) is 14.0. The Morgan fingerprint density at radius 1 is 1.42 bits per heavy atom. The first-order valence-electron chi connectivity index (χ1n) is 6.07. The van der Waals surface area contributed by atoms with Crippen molar-refractivity contribution in [3.63, 3.8) is 0 Å². The third-order valence-corrected chi connectivity index (χ3v) is 2.94. The van der Waals surface area contributed by atoms with E-state index >= 15 is 0 Å². The van der Waals surface area contributed by atoms with Crippen LogP contribution in [0.2, 0.25) is 0 Å². The number of carboxylic acid groups (broad SMARTS) is 1. The number of rotatable bonds is 4. The number of para-hydroxylation sites is 2. The number of carboxylic acids is 1. The Bertz CT molecular complexity index is 623. The number of hydrogen-bond acceptors (Lipinski definition) is 3. The summed E-state index contributed by atoms with van der Waals surface area (Å²) in [6.45, 7) is 3.71. The highest BCUT2D eigenvalue weighted by molar-refractivity contribution is 5.70.